The molecule has 1 N–H and O–H groups in total. The number of phenolic OH excluding ortho intramolecular Hbond substituents is 1. The quantitative estimate of drug-likeness (QED) is 0.891. The van der Waals surface area contributed by atoms with E-state index in [1.807, 2.05) is 19.9 Å². The minimum Gasteiger partial charge on any atom is -0.506 e. The minimum atomic E-state index is -3.84. The smallest absolute Gasteiger partial charge is 0.268 e. The molecule has 0 fully saturated rings. The van der Waals surface area contributed by atoms with E-state index in [0.717, 1.165) is 9.87 Å². The highest BCUT2D eigenvalue weighted by Crippen LogP contribution is 2.36. The molecule has 0 aliphatic carbocycles. The van der Waals surface area contributed by atoms with Gasteiger partial charge in [0, 0.05) is 5.70 Å². The lowest BCUT2D eigenvalue weighted by molar-refractivity contribution is 0.475. The molecule has 23 heavy (non-hydrogen) atoms. The molecular formula is C18H21NO3S. The van der Waals surface area contributed by atoms with Gasteiger partial charge in [-0.1, -0.05) is 44.7 Å². The standard InChI is InChI=1S/C18H21NO3S/c1-13(2)15-10-11-17(18(20)12-15)19(14(3)4)23(21,22)16-8-6-5-7-9-16/h5-13,20H,3H2,1-2,4H3. The number of hydrogen-bond donors (Lipinski definition) is 1. The van der Waals surface area contributed by atoms with Crippen LogP contribution in [0, 0.1) is 0 Å². The Kier molecular flexibility index (Phi) is 4.80. The van der Waals surface area contributed by atoms with Crippen molar-refractivity contribution in [2.45, 2.75) is 31.6 Å². The number of sulfonamides is 1. The average Bonchev–Trinajstić information content (AvgIpc) is 2.49. The van der Waals surface area contributed by atoms with E-state index < -0.39 is 10.0 Å². The van der Waals surface area contributed by atoms with Crippen LogP contribution in [0.5, 0.6) is 5.75 Å². The molecule has 4 nitrogen and oxygen atoms in total. The number of allylic oxidation sites excluding steroid dienone is 1. The van der Waals surface area contributed by atoms with Crippen LogP contribution in [0.3, 0.4) is 0 Å². The Hall–Kier alpha value is -2.27. The van der Waals surface area contributed by atoms with Crippen molar-refractivity contribution in [3.8, 4) is 5.75 Å². The van der Waals surface area contributed by atoms with E-state index in [1.165, 1.54) is 12.1 Å². The SMILES string of the molecule is C=C(C)N(c1ccc(C(C)C)cc1O)S(=O)(=O)c1ccccc1. The number of rotatable bonds is 5. The first kappa shape index (κ1) is 17.1. The van der Waals surface area contributed by atoms with Gasteiger partial charge in [0.2, 0.25) is 0 Å². The first-order valence-electron chi connectivity index (χ1n) is 7.34. The van der Waals surface area contributed by atoms with E-state index in [1.54, 1.807) is 37.3 Å². The van der Waals surface area contributed by atoms with Crippen molar-refractivity contribution in [2.75, 3.05) is 4.31 Å². The highest BCUT2D eigenvalue weighted by atomic mass is 32.2. The summed E-state index contributed by atoms with van der Waals surface area (Å²) >= 11 is 0. The second-order valence-corrected chi connectivity index (χ2v) is 7.51. The minimum absolute atomic E-state index is 0.0845. The maximum absolute atomic E-state index is 12.9. The van der Waals surface area contributed by atoms with Gasteiger partial charge in [-0.15, -0.1) is 0 Å². The number of hydrogen-bond acceptors (Lipinski definition) is 3. The van der Waals surface area contributed by atoms with Crippen molar-refractivity contribution in [1.29, 1.82) is 0 Å². The van der Waals surface area contributed by atoms with E-state index in [4.69, 9.17) is 0 Å². The van der Waals surface area contributed by atoms with E-state index in [9.17, 15) is 13.5 Å². The van der Waals surface area contributed by atoms with Crippen molar-refractivity contribution in [3.05, 3.63) is 66.4 Å². The molecule has 5 heteroatoms. The fourth-order valence-corrected chi connectivity index (χ4v) is 3.84. The summed E-state index contributed by atoms with van der Waals surface area (Å²) < 4.78 is 26.9. The van der Waals surface area contributed by atoms with E-state index in [2.05, 4.69) is 6.58 Å². The third kappa shape index (κ3) is 3.40. The topological polar surface area (TPSA) is 57.6 Å². The van der Waals surface area contributed by atoms with Crippen molar-refractivity contribution in [3.63, 3.8) is 0 Å². The van der Waals surface area contributed by atoms with Crippen molar-refractivity contribution in [1.82, 2.24) is 0 Å². The van der Waals surface area contributed by atoms with Gasteiger partial charge < -0.3 is 5.11 Å². The number of aromatic hydroxyl groups is 1. The normalized spacial score (nSPS) is 11.5. The van der Waals surface area contributed by atoms with Crippen LogP contribution in [-0.4, -0.2) is 13.5 Å². The molecule has 0 spiro atoms. The van der Waals surface area contributed by atoms with Gasteiger partial charge in [-0.2, -0.15) is 0 Å². The second-order valence-electron chi connectivity index (χ2n) is 5.72. The first-order chi connectivity index (χ1) is 10.7. The van der Waals surface area contributed by atoms with Gasteiger partial charge in [0.1, 0.15) is 5.75 Å². The number of nitrogens with zero attached hydrogens (tertiary/aromatic N) is 1. The zero-order valence-corrected chi connectivity index (χ0v) is 14.3. The first-order valence-corrected chi connectivity index (χ1v) is 8.78. The maximum atomic E-state index is 12.9. The molecule has 0 heterocycles. The van der Waals surface area contributed by atoms with E-state index in [-0.39, 0.29) is 22.3 Å². The predicted octanol–water partition coefficient (Wildman–Crippen LogP) is 4.24. The Balaban J connectivity index is 2.59. The molecule has 0 unspecified atom stereocenters. The summed E-state index contributed by atoms with van der Waals surface area (Å²) in [5.41, 5.74) is 1.44. The summed E-state index contributed by atoms with van der Waals surface area (Å²) in [7, 11) is -3.84. The molecule has 122 valence electrons. The zero-order valence-electron chi connectivity index (χ0n) is 13.5. The average molecular weight is 331 g/mol. The fraction of sp³-hybridized carbons (Fsp3) is 0.222. The molecule has 2 aromatic rings. The Morgan fingerprint density at radius 3 is 2.22 bits per heavy atom. The predicted molar refractivity (Wildman–Crippen MR) is 93.1 cm³/mol. The third-order valence-corrected chi connectivity index (χ3v) is 5.37. The summed E-state index contributed by atoms with van der Waals surface area (Å²) in [6.07, 6.45) is 0. The van der Waals surface area contributed by atoms with Crippen molar-refractivity contribution in [2.24, 2.45) is 0 Å². The second kappa shape index (κ2) is 6.46. The van der Waals surface area contributed by atoms with Crippen LogP contribution in [0.2, 0.25) is 0 Å². The lowest BCUT2D eigenvalue weighted by atomic mass is 10.0. The van der Waals surface area contributed by atoms with Crippen LogP contribution >= 0.6 is 0 Å². The van der Waals surface area contributed by atoms with Crippen molar-refractivity contribution >= 4 is 15.7 Å². The Bertz CT molecular complexity index is 811. The van der Waals surface area contributed by atoms with Gasteiger partial charge in [-0.25, -0.2) is 12.7 Å². The molecule has 0 aromatic heterocycles. The van der Waals surface area contributed by atoms with Crippen LogP contribution in [-0.2, 0) is 10.0 Å². The molecule has 0 aliphatic heterocycles. The molecule has 0 atom stereocenters. The van der Waals surface area contributed by atoms with E-state index >= 15 is 0 Å². The van der Waals surface area contributed by atoms with Crippen LogP contribution in [0.15, 0.2) is 65.7 Å². The van der Waals surface area contributed by atoms with Gasteiger partial charge in [0.15, 0.2) is 0 Å². The highest BCUT2D eigenvalue weighted by molar-refractivity contribution is 7.93. The van der Waals surface area contributed by atoms with Crippen LogP contribution in [0.1, 0.15) is 32.3 Å². The van der Waals surface area contributed by atoms with Crippen molar-refractivity contribution < 1.29 is 13.5 Å². The number of phenols is 1. The Morgan fingerprint density at radius 2 is 1.74 bits per heavy atom. The van der Waals surface area contributed by atoms with E-state index in [0.29, 0.717) is 5.70 Å². The third-order valence-electron chi connectivity index (χ3n) is 3.51. The van der Waals surface area contributed by atoms with Gasteiger partial charge in [-0.3, -0.25) is 0 Å². The highest BCUT2D eigenvalue weighted by Gasteiger charge is 2.27. The van der Waals surface area contributed by atoms with Gasteiger partial charge in [-0.05, 0) is 42.7 Å². The van der Waals surface area contributed by atoms with Crippen LogP contribution < -0.4 is 4.31 Å². The molecule has 2 rings (SSSR count). The molecule has 0 radical (unpaired) electrons. The Morgan fingerprint density at radius 1 is 1.13 bits per heavy atom. The molecule has 0 amide bonds. The Labute approximate surface area is 137 Å². The number of anilines is 1. The molecule has 0 bridgehead atoms. The summed E-state index contributed by atoms with van der Waals surface area (Å²) in [5, 5.41) is 10.3. The maximum Gasteiger partial charge on any atom is 0.268 e. The molecule has 0 saturated carbocycles. The summed E-state index contributed by atoms with van der Waals surface area (Å²) in [5.74, 6) is 0.151. The summed E-state index contributed by atoms with van der Waals surface area (Å²) in [6, 6.07) is 13.1. The largest absolute Gasteiger partial charge is 0.506 e. The molecule has 0 aliphatic rings. The lowest BCUT2D eigenvalue weighted by Gasteiger charge is -2.25. The van der Waals surface area contributed by atoms with Gasteiger partial charge in [0.25, 0.3) is 10.0 Å². The molecule has 2 aromatic carbocycles. The lowest BCUT2D eigenvalue weighted by Crippen LogP contribution is -2.29. The number of benzene rings is 2. The van der Waals surface area contributed by atoms with Gasteiger partial charge in [0.05, 0.1) is 10.6 Å². The fourth-order valence-electron chi connectivity index (χ4n) is 2.31. The van der Waals surface area contributed by atoms with Gasteiger partial charge >= 0.3 is 0 Å². The molecular weight excluding hydrogens is 310 g/mol. The zero-order chi connectivity index (χ0) is 17.2. The summed E-state index contributed by atoms with van der Waals surface area (Å²) in [4.78, 5) is 0.148. The monoisotopic (exact) mass is 331 g/mol. The van der Waals surface area contributed by atoms with Crippen LogP contribution in [0.25, 0.3) is 0 Å². The summed E-state index contributed by atoms with van der Waals surface area (Å²) in [6.45, 7) is 9.36. The molecule has 0 saturated heterocycles. The van der Waals surface area contributed by atoms with Crippen LogP contribution in [0.4, 0.5) is 5.69 Å².